The third-order valence-electron chi connectivity index (χ3n) is 3.53. The van der Waals surface area contributed by atoms with Gasteiger partial charge in [0.25, 0.3) is 0 Å². The average molecular weight is 229 g/mol. The van der Waals surface area contributed by atoms with E-state index in [1.54, 1.807) is 0 Å². The zero-order valence-corrected chi connectivity index (χ0v) is 10.5. The van der Waals surface area contributed by atoms with Crippen molar-refractivity contribution in [3.8, 4) is 0 Å². The van der Waals surface area contributed by atoms with E-state index in [0.29, 0.717) is 0 Å². The number of nitrogens with zero attached hydrogens (tertiary/aromatic N) is 2. The normalized spacial score (nSPS) is 15.6. The minimum atomic E-state index is 0.767. The van der Waals surface area contributed by atoms with Crippen LogP contribution in [0.3, 0.4) is 0 Å². The largest absolute Gasteiger partial charge is 0.331 e. The Balaban J connectivity index is 1.90. The molecule has 0 radical (unpaired) electrons. The summed E-state index contributed by atoms with van der Waals surface area (Å²) in [6.45, 7) is 3.13. The molecule has 0 bridgehead atoms. The molecule has 1 fully saturated rings. The van der Waals surface area contributed by atoms with Crippen LogP contribution in [0.4, 0.5) is 0 Å². The van der Waals surface area contributed by atoms with Crippen LogP contribution in [0.2, 0.25) is 0 Å². The smallest absolute Gasteiger partial charge is 0.109 e. The molecule has 0 saturated heterocycles. The van der Waals surface area contributed by atoms with Gasteiger partial charge in [-0.2, -0.15) is 0 Å². The molecule has 1 aromatic carbocycles. The van der Waals surface area contributed by atoms with Crippen molar-refractivity contribution in [1.82, 2.24) is 14.9 Å². The molecule has 1 aliphatic rings. The van der Waals surface area contributed by atoms with E-state index in [1.807, 2.05) is 0 Å². The third kappa shape index (κ3) is 2.07. The first-order chi connectivity index (χ1) is 8.28. The van der Waals surface area contributed by atoms with Crippen LogP contribution >= 0.6 is 0 Å². The first kappa shape index (κ1) is 10.8. The van der Waals surface area contributed by atoms with E-state index in [4.69, 9.17) is 0 Å². The Bertz CT molecular complexity index is 538. The molecule has 0 amide bonds. The monoisotopic (exact) mass is 229 g/mol. The number of rotatable bonds is 4. The predicted octanol–water partition coefficient (Wildman–Crippen LogP) is 2.39. The molecule has 3 heteroatoms. The summed E-state index contributed by atoms with van der Waals surface area (Å²) in [5, 5.41) is 3.55. The molecule has 1 heterocycles. The van der Waals surface area contributed by atoms with Gasteiger partial charge in [-0.25, -0.2) is 4.98 Å². The highest BCUT2D eigenvalue weighted by Crippen LogP contribution is 2.21. The van der Waals surface area contributed by atoms with Crippen molar-refractivity contribution in [2.75, 3.05) is 0 Å². The number of benzene rings is 1. The molecule has 3 rings (SSSR count). The minimum Gasteiger partial charge on any atom is -0.331 e. The lowest BCUT2D eigenvalue weighted by Gasteiger charge is -2.04. The van der Waals surface area contributed by atoms with Crippen molar-refractivity contribution in [1.29, 1.82) is 0 Å². The van der Waals surface area contributed by atoms with Gasteiger partial charge in [-0.15, -0.1) is 0 Å². The average Bonchev–Trinajstić information content (AvgIpc) is 3.12. The first-order valence-corrected chi connectivity index (χ1v) is 6.45. The van der Waals surface area contributed by atoms with E-state index < -0.39 is 0 Å². The molecule has 0 atom stereocenters. The molecule has 1 aliphatic carbocycles. The van der Waals surface area contributed by atoms with E-state index in [0.717, 1.165) is 30.3 Å². The summed E-state index contributed by atoms with van der Waals surface area (Å²) in [7, 11) is 2.10. The molecule has 1 N–H and O–H groups in total. The number of aromatic nitrogens is 2. The Morgan fingerprint density at radius 2 is 2.24 bits per heavy atom. The number of fused-ring (bicyclic) bond motifs is 1. The second kappa shape index (κ2) is 4.15. The molecule has 0 aliphatic heterocycles. The summed E-state index contributed by atoms with van der Waals surface area (Å²) in [6.07, 6.45) is 3.67. The zero-order valence-electron chi connectivity index (χ0n) is 10.5. The fraction of sp³-hybridized carbons (Fsp3) is 0.500. The van der Waals surface area contributed by atoms with E-state index in [9.17, 15) is 0 Å². The number of aryl methyl sites for hydroxylation is 2. The molecule has 17 heavy (non-hydrogen) atoms. The quantitative estimate of drug-likeness (QED) is 0.872. The van der Waals surface area contributed by atoms with E-state index in [-0.39, 0.29) is 0 Å². The lowest BCUT2D eigenvalue weighted by Crippen LogP contribution is -2.15. The van der Waals surface area contributed by atoms with Crippen LogP contribution in [-0.4, -0.2) is 15.6 Å². The molecular formula is C14H19N3. The van der Waals surface area contributed by atoms with Gasteiger partial charge in [0.05, 0.1) is 11.0 Å². The van der Waals surface area contributed by atoms with E-state index in [1.165, 1.54) is 23.9 Å². The molecular weight excluding hydrogens is 210 g/mol. The second-order valence-corrected chi connectivity index (χ2v) is 4.92. The molecule has 90 valence electrons. The van der Waals surface area contributed by atoms with Gasteiger partial charge in [0.15, 0.2) is 0 Å². The number of hydrogen-bond acceptors (Lipinski definition) is 2. The highest BCUT2D eigenvalue weighted by Gasteiger charge is 2.20. The highest BCUT2D eigenvalue weighted by molar-refractivity contribution is 5.76. The van der Waals surface area contributed by atoms with Crippen molar-refractivity contribution in [2.45, 2.75) is 38.8 Å². The van der Waals surface area contributed by atoms with Gasteiger partial charge in [-0.1, -0.05) is 13.0 Å². The van der Waals surface area contributed by atoms with Crippen molar-refractivity contribution in [3.05, 3.63) is 29.6 Å². The van der Waals surface area contributed by atoms with Crippen LogP contribution in [-0.2, 0) is 20.0 Å². The summed E-state index contributed by atoms with van der Waals surface area (Å²) >= 11 is 0. The van der Waals surface area contributed by atoms with Gasteiger partial charge >= 0.3 is 0 Å². The second-order valence-electron chi connectivity index (χ2n) is 4.92. The van der Waals surface area contributed by atoms with Crippen molar-refractivity contribution in [3.63, 3.8) is 0 Å². The maximum Gasteiger partial charge on any atom is 0.109 e. The Labute approximate surface area is 102 Å². The van der Waals surface area contributed by atoms with Crippen LogP contribution in [0.15, 0.2) is 18.2 Å². The lowest BCUT2D eigenvalue weighted by atomic mass is 10.2. The Hall–Kier alpha value is -1.35. The molecule has 1 aromatic heterocycles. The summed E-state index contributed by atoms with van der Waals surface area (Å²) < 4.78 is 2.20. The van der Waals surface area contributed by atoms with Gasteiger partial charge in [0, 0.05) is 26.1 Å². The summed E-state index contributed by atoms with van der Waals surface area (Å²) in [5.74, 6) is 1.16. The molecule has 0 unspecified atom stereocenters. The topological polar surface area (TPSA) is 29.9 Å². The van der Waals surface area contributed by atoms with Gasteiger partial charge in [0.2, 0.25) is 0 Å². The standard InChI is InChI=1S/C14H19N3/c1-3-14-16-12-7-4-10(8-13(12)17(14)2)9-15-11-5-6-11/h4,7-8,11,15H,3,5-6,9H2,1-2H3. The molecule has 0 spiro atoms. The molecule has 3 nitrogen and oxygen atoms in total. The Morgan fingerprint density at radius 3 is 2.94 bits per heavy atom. The van der Waals surface area contributed by atoms with Crippen LogP contribution in [0.25, 0.3) is 11.0 Å². The fourth-order valence-electron chi connectivity index (χ4n) is 2.26. The highest BCUT2D eigenvalue weighted by atomic mass is 15.1. The maximum absolute atomic E-state index is 4.62. The van der Waals surface area contributed by atoms with Gasteiger partial charge in [0.1, 0.15) is 5.82 Å². The first-order valence-electron chi connectivity index (χ1n) is 6.45. The van der Waals surface area contributed by atoms with Gasteiger partial charge in [-0.3, -0.25) is 0 Å². The molecule has 1 saturated carbocycles. The maximum atomic E-state index is 4.62. The van der Waals surface area contributed by atoms with Crippen molar-refractivity contribution < 1.29 is 0 Å². The fourth-order valence-corrected chi connectivity index (χ4v) is 2.26. The molecule has 2 aromatic rings. The van der Waals surface area contributed by atoms with Crippen LogP contribution < -0.4 is 5.32 Å². The Kier molecular flexibility index (Phi) is 2.63. The summed E-state index contributed by atoms with van der Waals surface area (Å²) in [4.78, 5) is 4.62. The number of imidazole rings is 1. The van der Waals surface area contributed by atoms with E-state index in [2.05, 4.69) is 47.0 Å². The van der Waals surface area contributed by atoms with Crippen LogP contribution in [0.1, 0.15) is 31.2 Å². The number of hydrogen-bond donors (Lipinski definition) is 1. The zero-order chi connectivity index (χ0) is 11.8. The minimum absolute atomic E-state index is 0.767. The third-order valence-corrected chi connectivity index (χ3v) is 3.53. The van der Waals surface area contributed by atoms with Crippen LogP contribution in [0.5, 0.6) is 0 Å². The predicted molar refractivity (Wildman–Crippen MR) is 70.0 cm³/mol. The summed E-state index contributed by atoms with van der Waals surface area (Å²) in [5.41, 5.74) is 3.71. The number of nitrogens with one attached hydrogen (secondary N) is 1. The van der Waals surface area contributed by atoms with Crippen molar-refractivity contribution >= 4 is 11.0 Å². The van der Waals surface area contributed by atoms with Gasteiger partial charge < -0.3 is 9.88 Å². The van der Waals surface area contributed by atoms with Crippen molar-refractivity contribution in [2.24, 2.45) is 7.05 Å². The van der Waals surface area contributed by atoms with Gasteiger partial charge in [-0.05, 0) is 30.5 Å². The Morgan fingerprint density at radius 1 is 1.41 bits per heavy atom. The lowest BCUT2D eigenvalue weighted by molar-refractivity contribution is 0.688. The van der Waals surface area contributed by atoms with Crippen LogP contribution in [0, 0.1) is 0 Å². The summed E-state index contributed by atoms with van der Waals surface area (Å²) in [6, 6.07) is 7.35. The SMILES string of the molecule is CCc1nc2ccc(CNC3CC3)cc2n1C. The van der Waals surface area contributed by atoms with E-state index >= 15 is 0 Å².